The second-order valence-electron chi connectivity index (χ2n) is 15.3. The van der Waals surface area contributed by atoms with Crippen LogP contribution in [0.2, 0.25) is 0 Å². The minimum atomic E-state index is 0.952. The van der Waals surface area contributed by atoms with Gasteiger partial charge < -0.3 is 9.13 Å². The molecule has 60 heavy (non-hydrogen) atoms. The minimum Gasteiger partial charge on any atom is -0.317 e. The molecule has 11 rings (SSSR count). The Bertz CT molecular complexity index is 3130. The number of allylic oxidation sites excluding steroid dienone is 2. The lowest BCUT2D eigenvalue weighted by Gasteiger charge is -2.20. The Hall–Kier alpha value is -7.70. The predicted octanol–water partition coefficient (Wildman–Crippen LogP) is 13.8. The maximum atomic E-state index is 4.84. The van der Waals surface area contributed by atoms with Gasteiger partial charge >= 0.3 is 0 Å². The fourth-order valence-corrected chi connectivity index (χ4v) is 8.32. The number of nitrogens with zero attached hydrogens (tertiary/aromatic N) is 6. The molecule has 0 aliphatic heterocycles. The lowest BCUT2D eigenvalue weighted by atomic mass is 9.95. The van der Waals surface area contributed by atoms with Crippen molar-refractivity contribution >= 4 is 43.9 Å². The lowest BCUT2D eigenvalue weighted by Crippen LogP contribution is -2.03. The first-order chi connectivity index (χ1) is 29.5. The molecule has 4 heterocycles. The van der Waals surface area contributed by atoms with Crippen LogP contribution in [0.5, 0.6) is 0 Å². The van der Waals surface area contributed by atoms with Crippen molar-refractivity contribution < 1.29 is 0 Å². The van der Waals surface area contributed by atoms with Crippen LogP contribution in [0, 0.1) is 13.8 Å². The molecule has 0 amide bonds. The molecule has 4 aromatic heterocycles. The summed E-state index contributed by atoms with van der Waals surface area (Å²) in [4.78, 5) is 9.68. The van der Waals surface area contributed by atoms with Crippen LogP contribution in [0.4, 0.5) is 0 Å². The highest BCUT2D eigenvalue weighted by Gasteiger charge is 2.20. The average Bonchev–Trinajstić information content (AvgIpc) is 4.11. The molecule has 0 bridgehead atoms. The Labute approximate surface area is 349 Å². The summed E-state index contributed by atoms with van der Waals surface area (Å²) in [6, 6.07) is 56.7. The monoisotopic (exact) mass is 776 g/mol. The molecule has 7 aromatic carbocycles. The van der Waals surface area contributed by atoms with E-state index in [9.17, 15) is 0 Å². The van der Waals surface area contributed by atoms with E-state index in [2.05, 4.69) is 190 Å². The summed E-state index contributed by atoms with van der Waals surface area (Å²) >= 11 is 0. The Morgan fingerprint density at radius 3 is 1.23 bits per heavy atom. The van der Waals surface area contributed by atoms with Crippen molar-refractivity contribution in [3.8, 4) is 45.0 Å². The number of benzene rings is 7. The largest absolute Gasteiger partial charge is 0.317 e. The molecule has 0 fully saturated rings. The summed E-state index contributed by atoms with van der Waals surface area (Å²) in [5, 5.41) is 2.47. The second kappa shape index (κ2) is 15.2. The van der Waals surface area contributed by atoms with Gasteiger partial charge in [-0.2, -0.15) is 0 Å². The third-order valence-corrected chi connectivity index (χ3v) is 11.5. The smallest absolute Gasteiger partial charge is 0.100 e. The standard InChI is InChI=1S/C50H36N6.C4H8/c1-33-11-21-45-37(27-33)23-25-53(45)39-17-13-35(14-18-39)41-29-50(56-32-52-44-8-4-6-10-48(44)56)42(30-49(41)55-31-51-43-7-3-5-9-47(43)55)36-15-19-40(20-16-36)54-26-24-38-28-34(2)12-22-46(38)54;1-3-4-2/h3-32H,1-2H3;3-4H,1-2H3/b;4-3+. The first-order valence-electron chi connectivity index (χ1n) is 20.4. The topological polar surface area (TPSA) is 45.5 Å². The van der Waals surface area contributed by atoms with Gasteiger partial charge in [-0.1, -0.05) is 83.9 Å². The van der Waals surface area contributed by atoms with Crippen molar-refractivity contribution in [2.75, 3.05) is 0 Å². The summed E-state index contributed by atoms with van der Waals surface area (Å²) in [5.74, 6) is 0. The van der Waals surface area contributed by atoms with Crippen LogP contribution in [-0.4, -0.2) is 28.2 Å². The normalized spacial score (nSPS) is 11.6. The first kappa shape index (κ1) is 36.6. The zero-order valence-corrected chi connectivity index (χ0v) is 34.2. The Morgan fingerprint density at radius 1 is 0.400 bits per heavy atom. The molecule has 0 N–H and O–H groups in total. The molecule has 0 radical (unpaired) electrons. The number of hydrogen-bond donors (Lipinski definition) is 0. The van der Waals surface area contributed by atoms with Gasteiger partial charge in [0.15, 0.2) is 0 Å². The van der Waals surface area contributed by atoms with E-state index < -0.39 is 0 Å². The molecule has 290 valence electrons. The van der Waals surface area contributed by atoms with Gasteiger partial charge in [0.2, 0.25) is 0 Å². The molecule has 0 saturated carbocycles. The summed E-state index contributed by atoms with van der Waals surface area (Å²) in [5.41, 5.74) is 17.6. The molecule has 0 spiro atoms. The predicted molar refractivity (Wildman–Crippen MR) is 250 cm³/mol. The highest BCUT2D eigenvalue weighted by atomic mass is 15.1. The Kier molecular flexibility index (Phi) is 9.30. The molecule has 0 unspecified atom stereocenters. The van der Waals surface area contributed by atoms with Crippen LogP contribution in [0.1, 0.15) is 25.0 Å². The van der Waals surface area contributed by atoms with E-state index in [1.807, 2.05) is 50.8 Å². The molecule has 6 nitrogen and oxygen atoms in total. The van der Waals surface area contributed by atoms with E-state index in [4.69, 9.17) is 9.97 Å². The quantitative estimate of drug-likeness (QED) is 0.158. The van der Waals surface area contributed by atoms with Crippen LogP contribution in [0.15, 0.2) is 195 Å². The number of imidazole rings is 2. The van der Waals surface area contributed by atoms with Crippen molar-refractivity contribution in [3.63, 3.8) is 0 Å². The molecule has 0 aliphatic carbocycles. The zero-order chi connectivity index (χ0) is 40.7. The number of rotatable bonds is 6. The minimum absolute atomic E-state index is 0.952. The SMILES string of the molecule is C/C=C/C.Cc1ccc2c(ccn2-c2ccc(-c3cc(-n4cnc5ccccc54)c(-c4ccc(-n5ccc6cc(C)ccc65)cc4)cc3-n3cnc4ccccc43)cc2)c1. The van der Waals surface area contributed by atoms with Gasteiger partial charge in [0.1, 0.15) is 12.7 Å². The van der Waals surface area contributed by atoms with E-state index in [0.717, 1.165) is 67.1 Å². The highest BCUT2D eigenvalue weighted by Crippen LogP contribution is 2.40. The fourth-order valence-electron chi connectivity index (χ4n) is 8.32. The van der Waals surface area contributed by atoms with Gasteiger partial charge in [0.25, 0.3) is 0 Å². The van der Waals surface area contributed by atoms with Crippen molar-refractivity contribution in [2.45, 2.75) is 27.7 Å². The van der Waals surface area contributed by atoms with Crippen LogP contribution in [0.25, 0.3) is 88.9 Å². The van der Waals surface area contributed by atoms with E-state index in [1.165, 1.54) is 32.9 Å². The van der Waals surface area contributed by atoms with E-state index >= 15 is 0 Å². The lowest BCUT2D eigenvalue weighted by molar-refractivity contribution is 1.07. The van der Waals surface area contributed by atoms with E-state index in [1.54, 1.807) is 0 Å². The molecule has 0 saturated heterocycles. The molecule has 0 atom stereocenters. The first-order valence-corrected chi connectivity index (χ1v) is 20.4. The summed E-state index contributed by atoms with van der Waals surface area (Å²) in [7, 11) is 0. The molecule has 6 heteroatoms. The number of fused-ring (bicyclic) bond motifs is 4. The number of para-hydroxylation sites is 4. The van der Waals surface area contributed by atoms with Crippen LogP contribution in [0.3, 0.4) is 0 Å². The van der Waals surface area contributed by atoms with Crippen molar-refractivity contribution in [2.24, 2.45) is 0 Å². The third kappa shape index (κ3) is 6.49. The van der Waals surface area contributed by atoms with Crippen molar-refractivity contribution in [3.05, 3.63) is 206 Å². The molecular weight excluding hydrogens is 733 g/mol. The molecular formula is C54H44N6. The van der Waals surface area contributed by atoms with Gasteiger partial charge in [0.05, 0.1) is 44.5 Å². The van der Waals surface area contributed by atoms with Gasteiger partial charge in [-0.25, -0.2) is 9.97 Å². The number of aromatic nitrogens is 6. The van der Waals surface area contributed by atoms with Gasteiger partial charge in [-0.3, -0.25) is 9.13 Å². The third-order valence-electron chi connectivity index (χ3n) is 11.5. The number of aryl methyl sites for hydroxylation is 2. The molecule has 11 aromatic rings. The fraction of sp³-hybridized carbons (Fsp3) is 0.0741. The maximum Gasteiger partial charge on any atom is 0.100 e. The van der Waals surface area contributed by atoms with Gasteiger partial charge in [-0.15, -0.1) is 0 Å². The zero-order valence-electron chi connectivity index (χ0n) is 34.2. The Balaban J connectivity index is 0.00000104. The highest BCUT2D eigenvalue weighted by molar-refractivity contribution is 5.91. The van der Waals surface area contributed by atoms with Crippen LogP contribution >= 0.6 is 0 Å². The maximum absolute atomic E-state index is 4.84. The van der Waals surface area contributed by atoms with Crippen LogP contribution in [-0.2, 0) is 0 Å². The summed E-state index contributed by atoms with van der Waals surface area (Å²) < 4.78 is 8.97. The number of hydrogen-bond acceptors (Lipinski definition) is 2. The Morgan fingerprint density at radius 2 is 0.817 bits per heavy atom. The summed E-state index contributed by atoms with van der Waals surface area (Å²) in [6.45, 7) is 8.28. The van der Waals surface area contributed by atoms with Crippen LogP contribution < -0.4 is 0 Å². The van der Waals surface area contributed by atoms with Crippen molar-refractivity contribution in [1.29, 1.82) is 0 Å². The van der Waals surface area contributed by atoms with Gasteiger partial charge in [0, 0.05) is 45.7 Å². The van der Waals surface area contributed by atoms with Gasteiger partial charge in [-0.05, 0) is 136 Å². The van der Waals surface area contributed by atoms with E-state index in [0.29, 0.717) is 0 Å². The summed E-state index contributed by atoms with van der Waals surface area (Å²) in [6.07, 6.45) is 12.2. The van der Waals surface area contributed by atoms with Crippen molar-refractivity contribution in [1.82, 2.24) is 28.2 Å². The molecule has 0 aliphatic rings. The second-order valence-corrected chi connectivity index (χ2v) is 15.3. The average molecular weight is 777 g/mol. The van der Waals surface area contributed by atoms with E-state index in [-0.39, 0.29) is 0 Å².